The van der Waals surface area contributed by atoms with E-state index in [0.29, 0.717) is 11.5 Å². The van der Waals surface area contributed by atoms with Crippen molar-refractivity contribution in [2.75, 3.05) is 0 Å². The summed E-state index contributed by atoms with van der Waals surface area (Å²) in [6.45, 7) is 0. The van der Waals surface area contributed by atoms with Gasteiger partial charge in [-0.05, 0) is 16.5 Å². The molecule has 0 bridgehead atoms. The molecule has 0 saturated carbocycles. The first-order valence-corrected chi connectivity index (χ1v) is 4.94. The van der Waals surface area contributed by atoms with Gasteiger partial charge in [0.05, 0.1) is 10.7 Å². The van der Waals surface area contributed by atoms with Gasteiger partial charge in [0.1, 0.15) is 0 Å². The predicted molar refractivity (Wildman–Crippen MR) is 60.3 cm³/mol. The van der Waals surface area contributed by atoms with Gasteiger partial charge in [-0.2, -0.15) is 4.68 Å². The minimum Gasteiger partial charge on any atom is -0.504 e. The smallest absolute Gasteiger partial charge is 0.190 e. The molecule has 0 fully saturated rings. The van der Waals surface area contributed by atoms with Crippen LogP contribution in [0.15, 0.2) is 12.1 Å². The highest BCUT2D eigenvalue weighted by Gasteiger charge is 2.11. The van der Waals surface area contributed by atoms with Crippen LogP contribution >= 0.6 is 23.8 Å². The fraction of sp³-hybridized carbons (Fsp3) is 0. The molecule has 1 aromatic carbocycles. The summed E-state index contributed by atoms with van der Waals surface area (Å²) in [4.78, 5) is 0. The minimum absolute atomic E-state index is 0.000758. The molecule has 0 spiro atoms. The van der Waals surface area contributed by atoms with E-state index in [4.69, 9.17) is 23.8 Å². The summed E-state index contributed by atoms with van der Waals surface area (Å²) in [6.07, 6.45) is 0. The van der Waals surface area contributed by atoms with Gasteiger partial charge in [0.25, 0.3) is 0 Å². The molecule has 6 nitrogen and oxygen atoms in total. The zero-order valence-corrected chi connectivity index (χ0v) is 9.27. The van der Waals surface area contributed by atoms with Gasteiger partial charge in [0, 0.05) is 11.4 Å². The molecule has 2 N–H and O–H groups in total. The third-order valence-corrected chi connectivity index (χ3v) is 2.37. The van der Waals surface area contributed by atoms with E-state index in [2.05, 4.69) is 15.5 Å². The van der Waals surface area contributed by atoms with E-state index in [0.717, 1.165) is 0 Å². The van der Waals surface area contributed by atoms with Crippen LogP contribution in [-0.4, -0.2) is 35.8 Å². The number of halogens is 1. The summed E-state index contributed by atoms with van der Waals surface area (Å²) >= 11 is 10.4. The van der Waals surface area contributed by atoms with Gasteiger partial charge in [-0.1, -0.05) is 23.8 Å². The predicted octanol–water partition coefficient (Wildman–Crippen LogP) is 1.07. The molecule has 2 aromatic rings. The molecule has 8 heteroatoms. The van der Waals surface area contributed by atoms with Crippen LogP contribution in [0.1, 0.15) is 5.82 Å². The lowest BCUT2D eigenvalue weighted by molar-refractivity contribution is 0.403. The van der Waals surface area contributed by atoms with Crippen molar-refractivity contribution < 1.29 is 10.2 Å². The zero-order valence-electron chi connectivity index (χ0n) is 7.70. The minimum atomic E-state index is -0.387. The van der Waals surface area contributed by atoms with Crippen molar-refractivity contribution >= 4 is 29.2 Å². The number of benzene rings is 1. The van der Waals surface area contributed by atoms with Crippen molar-refractivity contribution in [2.24, 2.45) is 0 Å². The Morgan fingerprint density at radius 1 is 1.38 bits per heavy atom. The number of tetrazole rings is 1. The van der Waals surface area contributed by atoms with E-state index in [-0.39, 0.29) is 16.5 Å². The number of aromatic hydroxyl groups is 2. The number of phenols is 2. The molecule has 0 radical (unpaired) electrons. The molecular weight excluding hydrogens is 252 g/mol. The number of phenolic OH excluding ortho intramolecular Hbond substituents is 2. The summed E-state index contributed by atoms with van der Waals surface area (Å²) in [5.41, 5.74) is 0.404. The molecule has 0 amide bonds. The van der Waals surface area contributed by atoms with E-state index in [1.165, 1.54) is 22.2 Å². The fourth-order valence-electron chi connectivity index (χ4n) is 1.14. The van der Waals surface area contributed by atoms with Crippen LogP contribution in [0.2, 0.25) is 5.02 Å². The van der Waals surface area contributed by atoms with Crippen molar-refractivity contribution in [1.29, 1.82) is 0 Å². The van der Waals surface area contributed by atoms with Crippen LogP contribution in [0.4, 0.5) is 0 Å². The summed E-state index contributed by atoms with van der Waals surface area (Å²) in [5.74, 6) is -0.410. The molecule has 1 heterocycles. The Bertz CT molecular complexity index is 534. The third kappa shape index (κ3) is 1.70. The Labute approximate surface area is 100 Å². The Kier molecular flexibility index (Phi) is 2.71. The average Bonchev–Trinajstić information content (AvgIpc) is 2.73. The second kappa shape index (κ2) is 4.03. The monoisotopic (exact) mass is 256 g/mol. The van der Waals surface area contributed by atoms with Gasteiger partial charge in [0.2, 0.25) is 0 Å². The maximum absolute atomic E-state index is 9.39. The van der Waals surface area contributed by atoms with Crippen LogP contribution < -0.4 is 0 Å². The maximum Gasteiger partial charge on any atom is 0.190 e. The van der Waals surface area contributed by atoms with Crippen LogP contribution in [-0.2, 0) is 0 Å². The van der Waals surface area contributed by atoms with Crippen molar-refractivity contribution in [2.45, 2.75) is 0 Å². The molecule has 0 unspecified atom stereocenters. The van der Waals surface area contributed by atoms with Crippen LogP contribution in [0.5, 0.6) is 11.5 Å². The molecule has 0 saturated heterocycles. The first-order chi connectivity index (χ1) is 7.63. The van der Waals surface area contributed by atoms with Crippen LogP contribution in [0.25, 0.3) is 5.69 Å². The van der Waals surface area contributed by atoms with Crippen molar-refractivity contribution in [1.82, 2.24) is 20.2 Å². The highest BCUT2D eigenvalue weighted by molar-refractivity contribution is 7.79. The number of thiocarbonyl (C=S) groups is 1. The quantitative estimate of drug-likeness (QED) is 0.618. The molecule has 0 aliphatic carbocycles. The van der Waals surface area contributed by atoms with Gasteiger partial charge in [-0.25, -0.2) is 0 Å². The lowest BCUT2D eigenvalue weighted by Crippen LogP contribution is -2.01. The highest BCUT2D eigenvalue weighted by Crippen LogP contribution is 2.35. The van der Waals surface area contributed by atoms with Gasteiger partial charge >= 0.3 is 0 Å². The number of rotatable bonds is 2. The normalized spacial score (nSPS) is 10.3. The van der Waals surface area contributed by atoms with Gasteiger partial charge < -0.3 is 10.2 Å². The topological polar surface area (TPSA) is 84.1 Å². The second-order valence-corrected chi connectivity index (χ2v) is 3.50. The van der Waals surface area contributed by atoms with Crippen molar-refractivity contribution in [3.63, 3.8) is 0 Å². The first-order valence-electron chi connectivity index (χ1n) is 4.09. The Hall–Kier alpha value is -1.73. The highest BCUT2D eigenvalue weighted by atomic mass is 35.5. The number of hydrogen-bond donors (Lipinski definition) is 2. The maximum atomic E-state index is 9.39. The number of nitrogens with zero attached hydrogens (tertiary/aromatic N) is 4. The average molecular weight is 257 g/mol. The van der Waals surface area contributed by atoms with Gasteiger partial charge in [0.15, 0.2) is 17.3 Å². The van der Waals surface area contributed by atoms with Crippen molar-refractivity contribution in [3.8, 4) is 17.2 Å². The molecule has 16 heavy (non-hydrogen) atoms. The second-order valence-electron chi connectivity index (χ2n) is 2.86. The Balaban J connectivity index is 2.61. The van der Waals surface area contributed by atoms with E-state index >= 15 is 0 Å². The summed E-state index contributed by atoms with van der Waals surface area (Å²) in [5, 5.41) is 30.7. The molecule has 82 valence electrons. The van der Waals surface area contributed by atoms with Gasteiger partial charge in [-0.15, -0.1) is 5.10 Å². The third-order valence-electron chi connectivity index (χ3n) is 1.87. The Morgan fingerprint density at radius 3 is 2.75 bits per heavy atom. The van der Waals surface area contributed by atoms with Crippen LogP contribution in [0, 0.1) is 0 Å². The molecule has 0 atom stereocenters. The lowest BCUT2D eigenvalue weighted by Gasteiger charge is -2.05. The fourth-order valence-corrected chi connectivity index (χ4v) is 1.50. The van der Waals surface area contributed by atoms with Crippen LogP contribution in [0.3, 0.4) is 0 Å². The molecule has 1 aromatic heterocycles. The number of hydrogen-bond acceptors (Lipinski definition) is 6. The SMILES string of the molecule is Oc1cc(-n2nnnc2C=S)cc(Cl)c1O. The van der Waals surface area contributed by atoms with E-state index in [1.54, 1.807) is 0 Å². The largest absolute Gasteiger partial charge is 0.504 e. The molecular formula is C8H5ClN4O2S. The van der Waals surface area contributed by atoms with Crippen molar-refractivity contribution in [3.05, 3.63) is 23.0 Å². The summed E-state index contributed by atoms with van der Waals surface area (Å²) < 4.78 is 1.29. The number of aromatic nitrogens is 4. The first kappa shape index (κ1) is 10.8. The molecule has 0 aliphatic rings. The lowest BCUT2D eigenvalue weighted by atomic mass is 10.3. The van der Waals surface area contributed by atoms with E-state index in [1.807, 2.05) is 0 Å². The molecule has 0 aliphatic heterocycles. The summed E-state index contributed by atoms with van der Waals surface area (Å²) in [7, 11) is 0. The zero-order chi connectivity index (χ0) is 11.7. The summed E-state index contributed by atoms with van der Waals surface area (Å²) in [6, 6.07) is 2.69. The standard InChI is InChI=1S/C8H5ClN4O2S/c9-5-1-4(2-6(14)8(5)15)13-7(3-16)10-11-12-13/h1-3,14-15H. The van der Waals surface area contributed by atoms with E-state index in [9.17, 15) is 10.2 Å². The molecule has 2 rings (SSSR count). The van der Waals surface area contributed by atoms with E-state index < -0.39 is 0 Å². The van der Waals surface area contributed by atoms with Gasteiger partial charge in [-0.3, -0.25) is 0 Å². The Morgan fingerprint density at radius 2 is 2.12 bits per heavy atom.